The first kappa shape index (κ1) is 23.5. The van der Waals surface area contributed by atoms with Gasteiger partial charge in [0.25, 0.3) is 5.56 Å². The molecule has 2 heterocycles. The molecule has 0 aliphatic heterocycles. The lowest BCUT2D eigenvalue weighted by molar-refractivity contribution is -0.113. The van der Waals surface area contributed by atoms with Crippen molar-refractivity contribution in [1.29, 1.82) is 0 Å². The lowest BCUT2D eigenvalue weighted by atomic mass is 10.1. The van der Waals surface area contributed by atoms with Crippen LogP contribution in [0.4, 0.5) is 5.00 Å². The Hall–Kier alpha value is -2.69. The second-order valence-corrected chi connectivity index (χ2v) is 9.53. The highest BCUT2D eigenvalue weighted by Gasteiger charge is 2.28. The number of hydrogen-bond acceptors (Lipinski definition) is 8. The summed E-state index contributed by atoms with van der Waals surface area (Å²) >= 11 is 2.62. The van der Waals surface area contributed by atoms with Crippen molar-refractivity contribution in [3.63, 3.8) is 0 Å². The molecule has 174 valence electrons. The zero-order chi connectivity index (χ0) is 23.4. The van der Waals surface area contributed by atoms with Crippen LogP contribution >= 0.6 is 23.1 Å². The van der Waals surface area contributed by atoms with E-state index in [-0.39, 0.29) is 23.8 Å². The number of carbonyl (C=O) groups excluding carboxylic acids is 2. The van der Waals surface area contributed by atoms with Crippen molar-refractivity contribution in [3.05, 3.63) is 50.6 Å². The lowest BCUT2D eigenvalue weighted by Gasteiger charge is -2.13. The number of anilines is 1. The number of methoxy groups -OCH3 is 1. The van der Waals surface area contributed by atoms with Gasteiger partial charge in [-0.2, -0.15) is 0 Å². The minimum absolute atomic E-state index is 0.0442. The van der Waals surface area contributed by atoms with Gasteiger partial charge in [-0.1, -0.05) is 23.9 Å². The predicted molar refractivity (Wildman–Crippen MR) is 130 cm³/mol. The molecular formula is C23H25N3O5S2. The number of hydrogen-bond donors (Lipinski definition) is 1. The maximum atomic E-state index is 13.0. The number of carbonyl (C=O) groups is 2. The highest BCUT2D eigenvalue weighted by atomic mass is 32.2. The molecule has 0 spiro atoms. The number of aryl methyl sites for hydroxylation is 1. The first-order valence-electron chi connectivity index (χ1n) is 10.8. The van der Waals surface area contributed by atoms with E-state index in [0.29, 0.717) is 39.8 Å². The lowest BCUT2D eigenvalue weighted by Crippen LogP contribution is -2.26. The molecule has 0 saturated carbocycles. The smallest absolute Gasteiger partial charge is 0.341 e. The van der Waals surface area contributed by atoms with Crippen molar-refractivity contribution in [2.24, 2.45) is 0 Å². The van der Waals surface area contributed by atoms with Gasteiger partial charge in [0.15, 0.2) is 5.16 Å². The SMILES string of the molecule is CCOC(=O)c1c(NC(=O)CSc2nc3ccccc3c(=O)n2CCOC)sc2c1CCC2. The van der Waals surface area contributed by atoms with Crippen molar-refractivity contribution in [2.45, 2.75) is 37.9 Å². The molecule has 1 aliphatic rings. The average molecular weight is 488 g/mol. The summed E-state index contributed by atoms with van der Waals surface area (Å²) in [6.45, 7) is 2.73. The Balaban J connectivity index is 1.54. The minimum atomic E-state index is -0.399. The maximum Gasteiger partial charge on any atom is 0.341 e. The number of aromatic nitrogens is 2. The number of fused-ring (bicyclic) bond motifs is 2. The molecule has 2 aromatic heterocycles. The number of para-hydroxylation sites is 1. The van der Waals surface area contributed by atoms with Crippen molar-refractivity contribution in [3.8, 4) is 0 Å². The van der Waals surface area contributed by atoms with Gasteiger partial charge in [-0.25, -0.2) is 9.78 Å². The minimum Gasteiger partial charge on any atom is -0.462 e. The number of esters is 1. The van der Waals surface area contributed by atoms with E-state index < -0.39 is 5.97 Å². The van der Waals surface area contributed by atoms with Crippen LogP contribution in [0.25, 0.3) is 10.9 Å². The van der Waals surface area contributed by atoms with E-state index in [0.717, 1.165) is 29.7 Å². The molecule has 10 heteroatoms. The molecule has 3 aromatic rings. The van der Waals surface area contributed by atoms with E-state index >= 15 is 0 Å². The quantitative estimate of drug-likeness (QED) is 0.280. The number of nitrogens with zero attached hydrogens (tertiary/aromatic N) is 2. The van der Waals surface area contributed by atoms with Gasteiger partial charge >= 0.3 is 5.97 Å². The van der Waals surface area contributed by atoms with Crippen LogP contribution in [0, 0.1) is 0 Å². The Morgan fingerprint density at radius 2 is 2.09 bits per heavy atom. The van der Waals surface area contributed by atoms with Crippen LogP contribution in [0.5, 0.6) is 0 Å². The molecule has 0 atom stereocenters. The zero-order valence-electron chi connectivity index (χ0n) is 18.5. The largest absolute Gasteiger partial charge is 0.462 e. The molecule has 1 aromatic carbocycles. The summed E-state index contributed by atoms with van der Waals surface area (Å²) in [5.74, 6) is -0.626. The monoisotopic (exact) mass is 487 g/mol. The van der Waals surface area contributed by atoms with Crippen LogP contribution in [-0.4, -0.2) is 47.5 Å². The standard InChI is InChI=1S/C23H25N3O5S2/c1-3-31-22(29)19-15-8-6-10-17(15)33-20(19)25-18(27)13-32-23-24-16-9-5-4-7-14(16)21(28)26(23)11-12-30-2/h4-5,7,9H,3,6,8,10-13H2,1-2H3,(H,25,27). The fourth-order valence-corrected chi connectivity index (χ4v) is 5.96. The van der Waals surface area contributed by atoms with Crippen LogP contribution in [0.1, 0.15) is 34.1 Å². The van der Waals surface area contributed by atoms with Gasteiger partial charge in [0.05, 0.1) is 42.0 Å². The molecule has 8 nitrogen and oxygen atoms in total. The third-order valence-corrected chi connectivity index (χ3v) is 7.52. The van der Waals surface area contributed by atoms with Gasteiger partial charge in [0, 0.05) is 12.0 Å². The van der Waals surface area contributed by atoms with Crippen LogP contribution < -0.4 is 10.9 Å². The number of ether oxygens (including phenoxy) is 2. The van der Waals surface area contributed by atoms with Crippen LogP contribution in [0.15, 0.2) is 34.2 Å². The van der Waals surface area contributed by atoms with Crippen molar-refractivity contribution in [1.82, 2.24) is 9.55 Å². The predicted octanol–water partition coefficient (Wildman–Crippen LogP) is 3.50. The Bertz CT molecular complexity index is 1250. The van der Waals surface area contributed by atoms with Gasteiger partial charge < -0.3 is 14.8 Å². The molecule has 1 aliphatic carbocycles. The summed E-state index contributed by atoms with van der Waals surface area (Å²) < 4.78 is 11.9. The van der Waals surface area contributed by atoms with Gasteiger partial charge in [-0.3, -0.25) is 14.2 Å². The Morgan fingerprint density at radius 3 is 2.88 bits per heavy atom. The molecule has 0 unspecified atom stereocenters. The van der Waals surface area contributed by atoms with Crippen molar-refractivity contribution >= 4 is 50.9 Å². The molecule has 4 rings (SSSR count). The third-order valence-electron chi connectivity index (χ3n) is 5.33. The number of amides is 1. The second-order valence-electron chi connectivity index (χ2n) is 7.48. The van der Waals surface area contributed by atoms with E-state index in [4.69, 9.17) is 9.47 Å². The summed E-state index contributed by atoms with van der Waals surface area (Å²) in [4.78, 5) is 44.0. The summed E-state index contributed by atoms with van der Waals surface area (Å²) in [5, 5.41) is 4.39. The van der Waals surface area contributed by atoms with Gasteiger partial charge in [-0.15, -0.1) is 11.3 Å². The van der Waals surface area contributed by atoms with Gasteiger partial charge in [0.2, 0.25) is 5.91 Å². The molecule has 1 amide bonds. The van der Waals surface area contributed by atoms with E-state index in [1.165, 1.54) is 27.7 Å². The fourth-order valence-electron chi connectivity index (χ4n) is 3.84. The molecular weight excluding hydrogens is 462 g/mol. The first-order valence-corrected chi connectivity index (χ1v) is 12.6. The normalized spacial score (nSPS) is 12.7. The molecule has 0 saturated heterocycles. The van der Waals surface area contributed by atoms with Gasteiger partial charge in [-0.05, 0) is 43.9 Å². The number of thiophene rings is 1. The highest BCUT2D eigenvalue weighted by molar-refractivity contribution is 7.99. The molecule has 0 fully saturated rings. The maximum absolute atomic E-state index is 13.0. The molecule has 1 N–H and O–H groups in total. The number of thioether (sulfide) groups is 1. The summed E-state index contributed by atoms with van der Waals surface area (Å²) in [7, 11) is 1.57. The number of benzene rings is 1. The van der Waals surface area contributed by atoms with E-state index in [9.17, 15) is 14.4 Å². The number of rotatable bonds is 9. The first-order chi connectivity index (χ1) is 16.0. The van der Waals surface area contributed by atoms with Gasteiger partial charge in [0.1, 0.15) is 5.00 Å². The molecule has 0 bridgehead atoms. The third kappa shape index (κ3) is 4.97. The fraction of sp³-hybridized carbons (Fsp3) is 0.391. The van der Waals surface area contributed by atoms with E-state index in [1.54, 1.807) is 32.2 Å². The Labute approximate surface area is 199 Å². The van der Waals surface area contributed by atoms with Crippen molar-refractivity contribution < 1.29 is 19.1 Å². The highest BCUT2D eigenvalue weighted by Crippen LogP contribution is 2.39. The van der Waals surface area contributed by atoms with Crippen LogP contribution in [0.3, 0.4) is 0 Å². The summed E-state index contributed by atoms with van der Waals surface area (Å²) in [6.07, 6.45) is 2.73. The van der Waals surface area contributed by atoms with E-state index in [2.05, 4.69) is 10.3 Å². The summed E-state index contributed by atoms with van der Waals surface area (Å²) in [6, 6.07) is 7.14. The second kappa shape index (κ2) is 10.5. The average Bonchev–Trinajstić information content (AvgIpc) is 3.38. The van der Waals surface area contributed by atoms with Crippen molar-refractivity contribution in [2.75, 3.05) is 31.4 Å². The Kier molecular flexibility index (Phi) is 7.46. The Morgan fingerprint density at radius 1 is 1.27 bits per heavy atom. The topological polar surface area (TPSA) is 99.5 Å². The molecule has 33 heavy (non-hydrogen) atoms. The zero-order valence-corrected chi connectivity index (χ0v) is 20.1. The van der Waals surface area contributed by atoms with E-state index in [1.807, 2.05) is 6.07 Å². The number of nitrogens with one attached hydrogen (secondary N) is 1. The molecule has 0 radical (unpaired) electrons. The summed E-state index contributed by atoms with van der Waals surface area (Å²) in [5.41, 5.74) is 1.89. The van der Waals surface area contributed by atoms with Crippen LogP contribution in [-0.2, 0) is 33.7 Å². The van der Waals surface area contributed by atoms with Crippen LogP contribution in [0.2, 0.25) is 0 Å².